The summed E-state index contributed by atoms with van der Waals surface area (Å²) in [4.78, 5) is 23.2. The Morgan fingerprint density at radius 3 is 2.24 bits per heavy atom. The fourth-order valence-electron chi connectivity index (χ4n) is 1.90. The van der Waals surface area contributed by atoms with E-state index in [0.29, 0.717) is 5.69 Å². The molecule has 1 aromatic rings. The highest BCUT2D eigenvalue weighted by molar-refractivity contribution is 5.96. The Bertz CT molecular complexity index is 522. The Morgan fingerprint density at radius 1 is 1.14 bits per heavy atom. The van der Waals surface area contributed by atoms with Crippen molar-refractivity contribution >= 4 is 17.5 Å². The monoisotopic (exact) mass is 300 g/mol. The average molecular weight is 300 g/mol. The van der Waals surface area contributed by atoms with Crippen LogP contribution in [-0.2, 0) is 4.79 Å². The Hall–Kier alpha value is -2.05. The van der Waals surface area contributed by atoms with Crippen LogP contribution in [0.4, 0.5) is 18.9 Å². The SMILES string of the molecule is O=C(NCC(F)(F)F)c1ccc(NC(=O)C2CCC2)cc1. The zero-order valence-corrected chi connectivity index (χ0v) is 11.2. The van der Waals surface area contributed by atoms with Gasteiger partial charge in [-0.2, -0.15) is 13.2 Å². The van der Waals surface area contributed by atoms with Crippen LogP contribution in [0.1, 0.15) is 29.6 Å². The van der Waals surface area contributed by atoms with Crippen molar-refractivity contribution in [1.82, 2.24) is 5.32 Å². The summed E-state index contributed by atoms with van der Waals surface area (Å²) in [5.41, 5.74) is 0.639. The van der Waals surface area contributed by atoms with Crippen molar-refractivity contribution < 1.29 is 22.8 Å². The van der Waals surface area contributed by atoms with Gasteiger partial charge in [-0.15, -0.1) is 0 Å². The van der Waals surface area contributed by atoms with Gasteiger partial charge in [0.25, 0.3) is 5.91 Å². The van der Waals surface area contributed by atoms with Crippen molar-refractivity contribution in [3.8, 4) is 0 Å². The average Bonchev–Trinajstić information content (AvgIpc) is 2.33. The molecular weight excluding hydrogens is 285 g/mol. The van der Waals surface area contributed by atoms with Crippen molar-refractivity contribution in [3.05, 3.63) is 29.8 Å². The predicted molar refractivity (Wildman–Crippen MR) is 70.8 cm³/mol. The number of benzene rings is 1. The van der Waals surface area contributed by atoms with Crippen molar-refractivity contribution in [3.63, 3.8) is 0 Å². The predicted octanol–water partition coefficient (Wildman–Crippen LogP) is 2.72. The molecular formula is C14H15F3N2O2. The molecule has 1 saturated carbocycles. The Morgan fingerprint density at radius 2 is 1.76 bits per heavy atom. The Labute approximate surface area is 119 Å². The van der Waals surface area contributed by atoms with Crippen molar-refractivity contribution in [2.24, 2.45) is 5.92 Å². The third-order valence-corrected chi connectivity index (χ3v) is 3.34. The van der Waals surface area contributed by atoms with Crippen LogP contribution in [0.2, 0.25) is 0 Å². The summed E-state index contributed by atoms with van der Waals surface area (Å²) >= 11 is 0. The molecule has 114 valence electrons. The Kier molecular flexibility index (Phi) is 4.50. The first-order valence-electron chi connectivity index (χ1n) is 6.61. The molecule has 7 heteroatoms. The summed E-state index contributed by atoms with van der Waals surface area (Å²) in [6, 6.07) is 5.75. The number of hydrogen-bond donors (Lipinski definition) is 2. The molecule has 21 heavy (non-hydrogen) atoms. The van der Waals surface area contributed by atoms with Gasteiger partial charge in [-0.05, 0) is 37.1 Å². The molecule has 0 aromatic heterocycles. The Balaban J connectivity index is 1.89. The molecule has 2 N–H and O–H groups in total. The number of amides is 2. The van der Waals surface area contributed by atoms with E-state index in [1.54, 1.807) is 5.32 Å². The molecule has 0 radical (unpaired) electrons. The summed E-state index contributed by atoms with van der Waals surface area (Å²) in [6.07, 6.45) is -1.63. The summed E-state index contributed by atoms with van der Waals surface area (Å²) in [7, 11) is 0. The number of rotatable bonds is 4. The molecule has 0 bridgehead atoms. The van der Waals surface area contributed by atoms with Crippen molar-refractivity contribution in [2.75, 3.05) is 11.9 Å². The van der Waals surface area contributed by atoms with Crippen LogP contribution >= 0.6 is 0 Å². The van der Waals surface area contributed by atoms with E-state index in [9.17, 15) is 22.8 Å². The highest BCUT2D eigenvalue weighted by Crippen LogP contribution is 2.27. The van der Waals surface area contributed by atoms with Gasteiger partial charge in [0.1, 0.15) is 6.54 Å². The molecule has 2 rings (SSSR count). The lowest BCUT2D eigenvalue weighted by atomic mass is 9.85. The van der Waals surface area contributed by atoms with E-state index in [-0.39, 0.29) is 17.4 Å². The van der Waals surface area contributed by atoms with E-state index in [0.717, 1.165) is 19.3 Å². The second-order valence-electron chi connectivity index (χ2n) is 4.99. The molecule has 0 atom stereocenters. The van der Waals surface area contributed by atoms with Crippen molar-refractivity contribution in [1.29, 1.82) is 0 Å². The van der Waals surface area contributed by atoms with Crippen LogP contribution in [0.3, 0.4) is 0 Å². The zero-order valence-electron chi connectivity index (χ0n) is 11.2. The number of anilines is 1. The maximum absolute atomic E-state index is 12.0. The fourth-order valence-corrected chi connectivity index (χ4v) is 1.90. The quantitative estimate of drug-likeness (QED) is 0.898. The van der Waals surface area contributed by atoms with Gasteiger partial charge in [-0.25, -0.2) is 0 Å². The highest BCUT2D eigenvalue weighted by atomic mass is 19.4. The largest absolute Gasteiger partial charge is 0.405 e. The minimum atomic E-state index is -4.44. The van der Waals surface area contributed by atoms with E-state index in [1.165, 1.54) is 24.3 Å². The maximum Gasteiger partial charge on any atom is 0.405 e. The molecule has 1 aromatic carbocycles. The van der Waals surface area contributed by atoms with Crippen LogP contribution < -0.4 is 10.6 Å². The molecule has 0 saturated heterocycles. The first-order chi connectivity index (χ1) is 9.85. The number of carbonyl (C=O) groups is 2. The van der Waals surface area contributed by atoms with Crippen LogP contribution in [-0.4, -0.2) is 24.5 Å². The molecule has 0 heterocycles. The zero-order chi connectivity index (χ0) is 15.5. The summed E-state index contributed by atoms with van der Waals surface area (Å²) < 4.78 is 36.0. The molecule has 2 amide bonds. The normalized spacial score (nSPS) is 15.2. The molecule has 1 aliphatic rings. The molecule has 1 aliphatic carbocycles. The standard InChI is InChI=1S/C14H15F3N2O2/c15-14(16,17)8-18-12(20)10-4-6-11(7-5-10)19-13(21)9-2-1-3-9/h4-7,9H,1-3,8H2,(H,18,20)(H,19,21). The van der Waals surface area contributed by atoms with Crippen LogP contribution in [0.5, 0.6) is 0 Å². The van der Waals surface area contributed by atoms with Gasteiger partial charge in [0.2, 0.25) is 5.91 Å². The second-order valence-corrected chi connectivity index (χ2v) is 4.99. The maximum atomic E-state index is 12.0. The van der Waals surface area contributed by atoms with Gasteiger partial charge in [0.05, 0.1) is 0 Å². The number of carbonyl (C=O) groups excluding carboxylic acids is 2. The smallest absolute Gasteiger partial charge is 0.343 e. The van der Waals surface area contributed by atoms with Gasteiger partial charge < -0.3 is 10.6 Å². The molecule has 4 nitrogen and oxygen atoms in total. The van der Waals surface area contributed by atoms with E-state index >= 15 is 0 Å². The first kappa shape index (κ1) is 15.3. The van der Waals surface area contributed by atoms with Gasteiger partial charge >= 0.3 is 6.18 Å². The van der Waals surface area contributed by atoms with E-state index in [1.807, 2.05) is 0 Å². The van der Waals surface area contributed by atoms with E-state index in [2.05, 4.69) is 5.32 Å². The summed E-state index contributed by atoms with van der Waals surface area (Å²) in [5.74, 6) is -0.820. The molecule has 0 unspecified atom stereocenters. The lowest BCUT2D eigenvalue weighted by molar-refractivity contribution is -0.123. The van der Waals surface area contributed by atoms with E-state index < -0.39 is 18.6 Å². The number of halogens is 3. The lowest BCUT2D eigenvalue weighted by Gasteiger charge is -2.24. The van der Waals surface area contributed by atoms with Gasteiger partial charge in [-0.1, -0.05) is 6.42 Å². The van der Waals surface area contributed by atoms with Crippen LogP contribution in [0.25, 0.3) is 0 Å². The lowest BCUT2D eigenvalue weighted by Crippen LogP contribution is -2.33. The van der Waals surface area contributed by atoms with Gasteiger partial charge in [0.15, 0.2) is 0 Å². The van der Waals surface area contributed by atoms with Crippen LogP contribution in [0, 0.1) is 5.92 Å². The van der Waals surface area contributed by atoms with E-state index in [4.69, 9.17) is 0 Å². The topological polar surface area (TPSA) is 58.2 Å². The summed E-state index contributed by atoms with van der Waals surface area (Å²) in [6.45, 7) is -1.37. The summed E-state index contributed by atoms with van der Waals surface area (Å²) in [5, 5.41) is 4.50. The number of hydrogen-bond acceptors (Lipinski definition) is 2. The fraction of sp³-hybridized carbons (Fsp3) is 0.429. The third kappa shape index (κ3) is 4.47. The minimum Gasteiger partial charge on any atom is -0.343 e. The number of nitrogens with one attached hydrogen (secondary N) is 2. The molecule has 0 spiro atoms. The van der Waals surface area contributed by atoms with Crippen LogP contribution in [0.15, 0.2) is 24.3 Å². The van der Waals surface area contributed by atoms with Gasteiger partial charge in [-0.3, -0.25) is 9.59 Å². The first-order valence-corrected chi connectivity index (χ1v) is 6.61. The third-order valence-electron chi connectivity index (χ3n) is 3.34. The van der Waals surface area contributed by atoms with Crippen molar-refractivity contribution in [2.45, 2.75) is 25.4 Å². The second kappa shape index (κ2) is 6.15. The minimum absolute atomic E-state index is 0.0414. The highest BCUT2D eigenvalue weighted by Gasteiger charge is 2.28. The molecule has 1 fully saturated rings. The van der Waals surface area contributed by atoms with Gasteiger partial charge in [0, 0.05) is 17.2 Å². The molecule has 0 aliphatic heterocycles. The number of alkyl halides is 3.